The van der Waals surface area contributed by atoms with Crippen LogP contribution in [-0.4, -0.2) is 53.5 Å². The topological polar surface area (TPSA) is 122 Å². The average Bonchev–Trinajstić information content (AvgIpc) is 3.32. The van der Waals surface area contributed by atoms with Gasteiger partial charge < -0.3 is 19.6 Å². The van der Waals surface area contributed by atoms with E-state index in [1.165, 1.54) is 24.1 Å². The van der Waals surface area contributed by atoms with Gasteiger partial charge in [0.2, 0.25) is 5.91 Å². The lowest BCUT2D eigenvalue weighted by molar-refractivity contribution is -0.384. The minimum Gasteiger partial charge on any atom is -0.371 e. The number of benzene rings is 1. The third kappa shape index (κ3) is 4.27. The molecule has 2 heterocycles. The fraction of sp³-hybridized carbons (Fsp3) is 0.389. The van der Waals surface area contributed by atoms with E-state index < -0.39 is 16.7 Å². The largest absolute Gasteiger partial charge is 0.371 e. The Morgan fingerprint density at radius 3 is 2.64 bits per heavy atom. The quantitative estimate of drug-likeness (QED) is 0.595. The number of nitro benzene ring substituents is 1. The summed E-state index contributed by atoms with van der Waals surface area (Å²) < 4.78 is 4.88. The van der Waals surface area contributed by atoms with Crippen LogP contribution in [-0.2, 0) is 4.79 Å². The maximum absolute atomic E-state index is 13.0. The molecule has 10 heteroatoms. The second-order valence-electron chi connectivity index (χ2n) is 6.68. The third-order valence-electron chi connectivity index (χ3n) is 4.49. The Morgan fingerprint density at radius 2 is 2.04 bits per heavy atom. The fourth-order valence-electron chi connectivity index (χ4n) is 3.14. The predicted octanol–water partition coefficient (Wildman–Crippen LogP) is 2.20. The second kappa shape index (κ2) is 8.07. The molecule has 10 nitrogen and oxygen atoms in total. The number of carbonyl (C=O) groups is 2. The lowest BCUT2D eigenvalue weighted by Crippen LogP contribution is -2.36. The van der Waals surface area contributed by atoms with Crippen molar-refractivity contribution in [3.8, 4) is 0 Å². The van der Waals surface area contributed by atoms with Gasteiger partial charge in [0.25, 0.3) is 11.6 Å². The maximum Gasteiger partial charge on any atom is 0.270 e. The van der Waals surface area contributed by atoms with E-state index in [0.29, 0.717) is 11.4 Å². The molecule has 0 aliphatic carbocycles. The van der Waals surface area contributed by atoms with Crippen LogP contribution in [0.25, 0.3) is 0 Å². The number of non-ortho nitro benzene ring substituents is 1. The van der Waals surface area contributed by atoms with Crippen molar-refractivity contribution in [2.75, 3.05) is 36.9 Å². The van der Waals surface area contributed by atoms with Crippen molar-refractivity contribution in [3.05, 3.63) is 45.7 Å². The minimum absolute atomic E-state index is 0.165. The number of rotatable bonds is 6. The molecule has 1 aromatic heterocycles. The molecule has 2 aromatic rings. The Labute approximate surface area is 161 Å². The number of hydrogen-bond donors (Lipinski definition) is 1. The van der Waals surface area contributed by atoms with Crippen LogP contribution in [0.2, 0.25) is 0 Å². The van der Waals surface area contributed by atoms with Crippen LogP contribution >= 0.6 is 0 Å². The molecule has 1 fully saturated rings. The van der Waals surface area contributed by atoms with Crippen molar-refractivity contribution >= 4 is 29.0 Å². The van der Waals surface area contributed by atoms with Gasteiger partial charge in [-0.15, -0.1) is 0 Å². The van der Waals surface area contributed by atoms with Gasteiger partial charge in [-0.05, 0) is 25.8 Å². The Kier molecular flexibility index (Phi) is 5.57. The molecule has 1 N–H and O–H groups in total. The molecular formula is C18H21N5O5. The number of likely N-dealkylation sites (N-methyl/N-ethyl adjacent to an activating group) is 1. The molecule has 0 spiro atoms. The van der Waals surface area contributed by atoms with Crippen molar-refractivity contribution in [2.45, 2.75) is 19.8 Å². The van der Waals surface area contributed by atoms with Crippen LogP contribution in [0, 0.1) is 17.0 Å². The molecule has 2 amide bonds. The van der Waals surface area contributed by atoms with Crippen molar-refractivity contribution in [1.29, 1.82) is 0 Å². The van der Waals surface area contributed by atoms with Gasteiger partial charge in [-0.1, -0.05) is 5.16 Å². The number of hydrogen-bond acceptors (Lipinski definition) is 7. The van der Waals surface area contributed by atoms with Crippen molar-refractivity contribution in [1.82, 2.24) is 10.1 Å². The number of anilines is 2. The summed E-state index contributed by atoms with van der Waals surface area (Å²) in [5.74, 6) is -0.0996. The first-order valence-corrected chi connectivity index (χ1v) is 8.87. The van der Waals surface area contributed by atoms with Gasteiger partial charge in [0, 0.05) is 38.3 Å². The van der Waals surface area contributed by atoms with Crippen LogP contribution in [0.5, 0.6) is 0 Å². The zero-order valence-corrected chi connectivity index (χ0v) is 15.7. The summed E-state index contributed by atoms with van der Waals surface area (Å²) in [7, 11) is 1.47. The lowest BCUT2D eigenvalue weighted by Gasteiger charge is -2.23. The molecule has 3 rings (SSSR count). The molecule has 0 bridgehead atoms. The number of amides is 2. The van der Waals surface area contributed by atoms with Crippen LogP contribution in [0.15, 0.2) is 28.8 Å². The maximum atomic E-state index is 13.0. The molecule has 0 saturated carbocycles. The summed E-state index contributed by atoms with van der Waals surface area (Å²) in [6.07, 6.45) is 2.00. The van der Waals surface area contributed by atoms with Gasteiger partial charge in [-0.3, -0.25) is 19.7 Å². The van der Waals surface area contributed by atoms with Crippen LogP contribution < -0.4 is 10.2 Å². The molecule has 1 aliphatic heterocycles. The van der Waals surface area contributed by atoms with Crippen molar-refractivity contribution < 1.29 is 19.0 Å². The van der Waals surface area contributed by atoms with Gasteiger partial charge in [0.1, 0.15) is 5.76 Å². The van der Waals surface area contributed by atoms with Crippen molar-refractivity contribution in [3.63, 3.8) is 0 Å². The minimum atomic E-state index is -0.538. The normalized spacial score (nSPS) is 13.4. The second-order valence-corrected chi connectivity index (χ2v) is 6.68. The summed E-state index contributed by atoms with van der Waals surface area (Å²) >= 11 is 0. The molecule has 28 heavy (non-hydrogen) atoms. The Hall–Kier alpha value is -3.43. The number of aromatic nitrogens is 1. The Balaban J connectivity index is 1.78. The average molecular weight is 387 g/mol. The highest BCUT2D eigenvalue weighted by molar-refractivity contribution is 6.03. The van der Waals surface area contributed by atoms with E-state index in [1.807, 2.05) is 4.90 Å². The predicted molar refractivity (Wildman–Crippen MR) is 101 cm³/mol. The van der Waals surface area contributed by atoms with E-state index in [-0.39, 0.29) is 23.6 Å². The lowest BCUT2D eigenvalue weighted by atomic mass is 10.1. The van der Waals surface area contributed by atoms with E-state index in [9.17, 15) is 19.7 Å². The summed E-state index contributed by atoms with van der Waals surface area (Å²) in [5, 5.41) is 17.4. The van der Waals surface area contributed by atoms with Crippen LogP contribution in [0.3, 0.4) is 0 Å². The van der Waals surface area contributed by atoms with Gasteiger partial charge in [-0.25, -0.2) is 0 Å². The Morgan fingerprint density at radius 1 is 1.32 bits per heavy atom. The van der Waals surface area contributed by atoms with E-state index in [1.54, 1.807) is 19.1 Å². The monoisotopic (exact) mass is 387 g/mol. The summed E-state index contributed by atoms with van der Waals surface area (Å²) in [6, 6.07) is 5.82. The zero-order chi connectivity index (χ0) is 20.3. The molecule has 1 aliphatic rings. The number of aryl methyl sites for hydroxylation is 1. The molecule has 0 atom stereocenters. The van der Waals surface area contributed by atoms with Gasteiger partial charge in [0.15, 0.2) is 5.82 Å². The fourth-order valence-corrected chi connectivity index (χ4v) is 3.14. The van der Waals surface area contributed by atoms with Gasteiger partial charge >= 0.3 is 0 Å². The number of nitrogens with one attached hydrogen (secondary N) is 1. The highest BCUT2D eigenvalue weighted by atomic mass is 16.6. The van der Waals surface area contributed by atoms with Gasteiger partial charge in [0.05, 0.1) is 22.7 Å². The van der Waals surface area contributed by atoms with Crippen LogP contribution in [0.4, 0.5) is 17.2 Å². The first-order valence-electron chi connectivity index (χ1n) is 8.87. The first-order chi connectivity index (χ1) is 13.3. The summed E-state index contributed by atoms with van der Waals surface area (Å²) in [5.41, 5.74) is 0.693. The number of carbonyl (C=O) groups excluding carboxylic acids is 2. The van der Waals surface area contributed by atoms with Crippen LogP contribution in [0.1, 0.15) is 29.0 Å². The first kappa shape index (κ1) is 19.3. The number of nitro groups is 1. The van der Waals surface area contributed by atoms with E-state index in [2.05, 4.69) is 10.5 Å². The van der Waals surface area contributed by atoms with E-state index in [4.69, 9.17) is 4.52 Å². The molecular weight excluding hydrogens is 366 g/mol. The molecule has 148 valence electrons. The van der Waals surface area contributed by atoms with E-state index >= 15 is 0 Å². The third-order valence-corrected chi connectivity index (χ3v) is 4.49. The molecule has 0 radical (unpaired) electrons. The van der Waals surface area contributed by atoms with Crippen molar-refractivity contribution in [2.24, 2.45) is 0 Å². The zero-order valence-electron chi connectivity index (χ0n) is 15.7. The summed E-state index contributed by atoms with van der Waals surface area (Å²) in [6.45, 7) is 3.04. The molecule has 1 saturated heterocycles. The summed E-state index contributed by atoms with van der Waals surface area (Å²) in [4.78, 5) is 39.0. The smallest absolute Gasteiger partial charge is 0.270 e. The standard InChI is InChI=1S/C18H21N5O5/c1-12-9-16(20-28-12)19-17(24)11-21(2)18(25)14-10-13(23(26)27)5-6-15(14)22-7-3-4-8-22/h5-6,9-10H,3-4,7-8,11H2,1-2H3,(H,19,20,24). The number of nitrogens with zero attached hydrogens (tertiary/aromatic N) is 4. The van der Waals surface area contributed by atoms with Gasteiger partial charge in [-0.2, -0.15) is 0 Å². The van der Waals surface area contributed by atoms with E-state index in [0.717, 1.165) is 25.9 Å². The Bertz CT molecular complexity index is 904. The SMILES string of the molecule is Cc1cc(NC(=O)CN(C)C(=O)c2cc([N+](=O)[O-])ccc2N2CCCC2)no1. The highest BCUT2D eigenvalue weighted by Gasteiger charge is 2.25. The molecule has 1 aromatic carbocycles. The molecule has 0 unspecified atom stereocenters. The highest BCUT2D eigenvalue weighted by Crippen LogP contribution is 2.29.